The summed E-state index contributed by atoms with van der Waals surface area (Å²) in [5.74, 6) is -2.84. The zero-order chi connectivity index (χ0) is 35.4. The third-order valence-corrected chi connectivity index (χ3v) is 6.85. The lowest BCUT2D eigenvalue weighted by Gasteiger charge is -2.35. The van der Waals surface area contributed by atoms with Gasteiger partial charge in [-0.1, -0.05) is 61.5 Å². The van der Waals surface area contributed by atoms with Crippen LogP contribution in [0.1, 0.15) is 84.0 Å². The largest absolute Gasteiger partial charge is 0.458 e. The average molecular weight is 655 g/mol. The Morgan fingerprint density at radius 1 is 0.830 bits per heavy atom. The van der Waals surface area contributed by atoms with Crippen molar-refractivity contribution < 1.29 is 38.6 Å². The van der Waals surface area contributed by atoms with Crippen molar-refractivity contribution in [2.45, 2.75) is 103 Å². The summed E-state index contributed by atoms with van der Waals surface area (Å²) in [7, 11) is 0. The van der Waals surface area contributed by atoms with Crippen molar-refractivity contribution >= 4 is 29.8 Å². The van der Waals surface area contributed by atoms with E-state index >= 15 is 0 Å². The van der Waals surface area contributed by atoms with Crippen LogP contribution in [0.15, 0.2) is 54.6 Å². The molecule has 0 heterocycles. The highest BCUT2D eigenvalue weighted by molar-refractivity contribution is 5.94. The number of carbonyl (C=O) groups excluding carboxylic acids is 5. The van der Waals surface area contributed by atoms with Crippen molar-refractivity contribution in [3.8, 4) is 0 Å². The van der Waals surface area contributed by atoms with Crippen molar-refractivity contribution in [3.05, 3.63) is 71.3 Å². The standard InChI is InChI=1S/C35H50N4O8/c1-8-23-14-16-25(17-15-23)29(30(42)37-27(32(44)46-34(2,3)4)22-24-12-10-9-11-13-24)39(20-21-40)31(43)26(18-19-28(36)41)38-33(45)47-35(5,6)7/h9-17,26-27,29,40H,8,18-22H2,1-7H3,(H2,36,41)(H,37,42)(H,38,45). The number of aryl methyl sites for hydroxylation is 1. The topological polar surface area (TPSA) is 177 Å². The Kier molecular flexibility index (Phi) is 14.4. The molecule has 0 fully saturated rings. The number of rotatable bonds is 15. The maximum Gasteiger partial charge on any atom is 0.408 e. The van der Waals surface area contributed by atoms with Crippen LogP contribution >= 0.6 is 0 Å². The average Bonchev–Trinajstić information content (AvgIpc) is 2.97. The molecular formula is C35H50N4O8. The lowest BCUT2D eigenvalue weighted by Crippen LogP contribution is -2.55. The van der Waals surface area contributed by atoms with Gasteiger partial charge >= 0.3 is 12.1 Å². The quantitative estimate of drug-likeness (QED) is 0.211. The number of hydrogen-bond donors (Lipinski definition) is 4. The lowest BCUT2D eigenvalue weighted by molar-refractivity contribution is -0.159. The molecule has 0 radical (unpaired) electrons. The summed E-state index contributed by atoms with van der Waals surface area (Å²) < 4.78 is 11.0. The van der Waals surface area contributed by atoms with E-state index in [1.165, 1.54) is 0 Å². The Morgan fingerprint density at radius 2 is 1.43 bits per heavy atom. The molecule has 12 heteroatoms. The third-order valence-electron chi connectivity index (χ3n) is 6.85. The number of nitrogens with one attached hydrogen (secondary N) is 2. The van der Waals surface area contributed by atoms with E-state index in [-0.39, 0.29) is 25.8 Å². The number of aliphatic hydroxyl groups excluding tert-OH is 1. The molecule has 0 saturated heterocycles. The minimum absolute atomic E-state index is 0.109. The third kappa shape index (κ3) is 13.4. The minimum Gasteiger partial charge on any atom is -0.458 e. The molecule has 0 aliphatic carbocycles. The molecule has 5 N–H and O–H groups in total. The molecule has 0 bridgehead atoms. The summed E-state index contributed by atoms with van der Waals surface area (Å²) in [5, 5.41) is 15.4. The molecule has 2 aromatic carbocycles. The molecular weight excluding hydrogens is 604 g/mol. The molecule has 47 heavy (non-hydrogen) atoms. The first kappa shape index (κ1) is 38.7. The van der Waals surface area contributed by atoms with Crippen LogP contribution in [-0.2, 0) is 41.5 Å². The van der Waals surface area contributed by atoms with Gasteiger partial charge in [0, 0.05) is 19.4 Å². The highest BCUT2D eigenvalue weighted by Crippen LogP contribution is 2.25. The molecule has 0 aromatic heterocycles. The molecule has 0 spiro atoms. The number of amides is 4. The summed E-state index contributed by atoms with van der Waals surface area (Å²) in [6, 6.07) is 12.3. The highest BCUT2D eigenvalue weighted by Gasteiger charge is 2.38. The summed E-state index contributed by atoms with van der Waals surface area (Å²) >= 11 is 0. The number of hydrogen-bond acceptors (Lipinski definition) is 8. The number of alkyl carbamates (subject to hydrolysis) is 1. The zero-order valence-corrected chi connectivity index (χ0v) is 28.5. The SMILES string of the molecule is CCc1ccc(C(C(=O)NC(Cc2ccccc2)C(=O)OC(C)(C)C)N(CCO)C(=O)C(CCC(N)=O)NC(=O)OC(C)(C)C)cc1. The fourth-order valence-corrected chi connectivity index (χ4v) is 4.74. The van der Waals surface area contributed by atoms with Gasteiger partial charge in [-0.15, -0.1) is 0 Å². The Labute approximate surface area is 277 Å². The van der Waals surface area contributed by atoms with E-state index in [1.54, 1.807) is 53.7 Å². The van der Waals surface area contributed by atoms with Gasteiger partial charge in [0.2, 0.25) is 17.7 Å². The van der Waals surface area contributed by atoms with E-state index in [4.69, 9.17) is 15.2 Å². The monoisotopic (exact) mass is 654 g/mol. The number of primary amides is 1. The zero-order valence-electron chi connectivity index (χ0n) is 28.5. The first-order valence-electron chi connectivity index (χ1n) is 15.8. The van der Waals surface area contributed by atoms with Crippen LogP contribution in [-0.4, -0.2) is 76.2 Å². The first-order valence-corrected chi connectivity index (χ1v) is 15.8. The minimum atomic E-state index is -1.35. The van der Waals surface area contributed by atoms with E-state index < -0.39 is 65.7 Å². The smallest absolute Gasteiger partial charge is 0.408 e. The molecule has 12 nitrogen and oxygen atoms in total. The van der Waals surface area contributed by atoms with Crippen LogP contribution in [0.4, 0.5) is 4.79 Å². The normalized spacial score (nSPS) is 13.4. The molecule has 0 aliphatic heterocycles. The molecule has 2 aromatic rings. The van der Waals surface area contributed by atoms with Crippen LogP contribution in [0.25, 0.3) is 0 Å². The Balaban J connectivity index is 2.60. The second-order valence-corrected chi connectivity index (χ2v) is 13.2. The van der Waals surface area contributed by atoms with Gasteiger partial charge in [0.1, 0.15) is 29.3 Å². The lowest BCUT2D eigenvalue weighted by atomic mass is 9.98. The number of benzene rings is 2. The van der Waals surface area contributed by atoms with Crippen molar-refractivity contribution in [1.29, 1.82) is 0 Å². The fourth-order valence-electron chi connectivity index (χ4n) is 4.74. The molecule has 258 valence electrons. The molecule has 0 aliphatic rings. The van der Waals surface area contributed by atoms with Crippen LogP contribution in [0.5, 0.6) is 0 Å². The van der Waals surface area contributed by atoms with Gasteiger partial charge in [0.25, 0.3) is 0 Å². The molecule has 3 atom stereocenters. The number of ether oxygens (including phenoxy) is 2. The predicted octanol–water partition coefficient (Wildman–Crippen LogP) is 3.34. The Bertz CT molecular complexity index is 1350. The molecule has 0 saturated carbocycles. The van der Waals surface area contributed by atoms with Crippen molar-refractivity contribution in [3.63, 3.8) is 0 Å². The molecule has 2 rings (SSSR count). The van der Waals surface area contributed by atoms with E-state index in [1.807, 2.05) is 49.4 Å². The van der Waals surface area contributed by atoms with Gasteiger partial charge in [-0.3, -0.25) is 14.4 Å². The van der Waals surface area contributed by atoms with Crippen LogP contribution in [0.2, 0.25) is 0 Å². The van der Waals surface area contributed by atoms with Gasteiger partial charge in [0.05, 0.1) is 6.61 Å². The van der Waals surface area contributed by atoms with E-state index in [9.17, 15) is 29.1 Å². The summed E-state index contributed by atoms with van der Waals surface area (Å²) in [6.45, 7) is 11.2. The van der Waals surface area contributed by atoms with Gasteiger partial charge in [0.15, 0.2) is 0 Å². The van der Waals surface area contributed by atoms with E-state index in [0.29, 0.717) is 5.56 Å². The van der Waals surface area contributed by atoms with Crippen molar-refractivity contribution in [2.75, 3.05) is 13.2 Å². The van der Waals surface area contributed by atoms with Gasteiger partial charge in [-0.2, -0.15) is 0 Å². The second-order valence-electron chi connectivity index (χ2n) is 13.2. The number of aliphatic hydroxyl groups is 1. The van der Waals surface area contributed by atoms with Crippen LogP contribution in [0.3, 0.4) is 0 Å². The Morgan fingerprint density at radius 3 is 1.94 bits per heavy atom. The number of esters is 1. The maximum absolute atomic E-state index is 14.3. The molecule has 4 amide bonds. The maximum atomic E-state index is 14.3. The van der Waals surface area contributed by atoms with Gasteiger partial charge in [-0.05, 0) is 71.1 Å². The second kappa shape index (κ2) is 17.5. The number of nitrogens with zero attached hydrogens (tertiary/aromatic N) is 1. The predicted molar refractivity (Wildman–Crippen MR) is 177 cm³/mol. The van der Waals surface area contributed by atoms with E-state index in [0.717, 1.165) is 22.4 Å². The van der Waals surface area contributed by atoms with Crippen molar-refractivity contribution in [1.82, 2.24) is 15.5 Å². The summed E-state index contributed by atoms with van der Waals surface area (Å²) in [6.07, 6.45) is -0.515. The molecule has 3 unspecified atom stereocenters. The highest BCUT2D eigenvalue weighted by atomic mass is 16.6. The summed E-state index contributed by atoms with van der Waals surface area (Å²) in [5.41, 5.74) is 5.79. The van der Waals surface area contributed by atoms with Crippen LogP contribution < -0.4 is 16.4 Å². The summed E-state index contributed by atoms with van der Waals surface area (Å²) in [4.78, 5) is 67.5. The van der Waals surface area contributed by atoms with Gasteiger partial charge < -0.3 is 35.8 Å². The number of carbonyl (C=O) groups is 5. The fraction of sp³-hybridized carbons (Fsp3) is 0.514. The Hall–Kier alpha value is -4.45. The van der Waals surface area contributed by atoms with E-state index in [2.05, 4.69) is 10.6 Å². The van der Waals surface area contributed by atoms with Crippen LogP contribution in [0, 0.1) is 0 Å². The van der Waals surface area contributed by atoms with Crippen molar-refractivity contribution in [2.24, 2.45) is 5.73 Å². The first-order chi connectivity index (χ1) is 21.9. The van der Waals surface area contributed by atoms with Gasteiger partial charge in [-0.25, -0.2) is 9.59 Å². The number of nitrogens with two attached hydrogens (primary N) is 1.